The lowest BCUT2D eigenvalue weighted by molar-refractivity contribution is 0.628. The van der Waals surface area contributed by atoms with Crippen LogP contribution in [0.15, 0.2) is 48.7 Å². The first-order valence-corrected chi connectivity index (χ1v) is 8.05. The fourth-order valence-electron chi connectivity index (χ4n) is 2.89. The summed E-state index contributed by atoms with van der Waals surface area (Å²) in [7, 11) is 0. The topological polar surface area (TPSA) is 40.2 Å². The van der Waals surface area contributed by atoms with Crippen molar-refractivity contribution in [2.75, 3.05) is 5.32 Å². The molecule has 0 aliphatic rings. The molecule has 2 aromatic heterocycles. The van der Waals surface area contributed by atoms with Crippen molar-refractivity contribution in [3.05, 3.63) is 71.3 Å². The van der Waals surface area contributed by atoms with Gasteiger partial charge in [-0.05, 0) is 48.9 Å². The maximum absolute atomic E-state index is 13.1. The molecule has 1 N–H and O–H groups in total. The van der Waals surface area contributed by atoms with E-state index >= 15 is 0 Å². The first-order chi connectivity index (χ1) is 11.6. The highest BCUT2D eigenvalue weighted by molar-refractivity contribution is 7.81. The normalized spacial score (nSPS) is 10.5. The molecule has 0 fully saturated rings. The van der Waals surface area contributed by atoms with E-state index in [-0.39, 0.29) is 5.82 Å². The minimum Gasteiger partial charge on any atom is -0.346 e. The summed E-state index contributed by atoms with van der Waals surface area (Å²) in [5, 5.41) is 12.1. The zero-order valence-electron chi connectivity index (χ0n) is 13.2. The van der Waals surface area contributed by atoms with Gasteiger partial charge in [0, 0.05) is 36.0 Å². The van der Waals surface area contributed by atoms with Crippen LogP contribution in [0.2, 0.25) is 0 Å². The molecule has 0 atom stereocenters. The smallest absolute Gasteiger partial charge is 0.123 e. The number of fused-ring (bicyclic) bond motifs is 1. The van der Waals surface area contributed by atoms with Gasteiger partial charge in [0.15, 0.2) is 0 Å². The van der Waals surface area contributed by atoms with Crippen LogP contribution < -0.4 is 5.32 Å². The molecule has 0 aliphatic heterocycles. The number of nitrogens with zero attached hydrogens (tertiary/aromatic N) is 2. The van der Waals surface area contributed by atoms with Gasteiger partial charge in [0.1, 0.15) is 10.8 Å². The van der Waals surface area contributed by atoms with Crippen molar-refractivity contribution in [2.24, 2.45) is 0 Å². The van der Waals surface area contributed by atoms with Gasteiger partial charge in [-0.1, -0.05) is 18.3 Å². The molecular formula is C19H16FN3S. The van der Waals surface area contributed by atoms with E-state index in [9.17, 15) is 4.39 Å². The Morgan fingerprint density at radius 3 is 2.71 bits per heavy atom. The summed E-state index contributed by atoms with van der Waals surface area (Å²) >= 11 is 5.59. The Balaban J connectivity index is 2.02. The molecule has 0 spiro atoms. The van der Waals surface area contributed by atoms with E-state index in [2.05, 4.69) is 15.8 Å². The average Bonchev–Trinajstić information content (AvgIpc) is 2.86. The van der Waals surface area contributed by atoms with E-state index in [1.54, 1.807) is 12.1 Å². The van der Waals surface area contributed by atoms with Gasteiger partial charge >= 0.3 is 0 Å². The third kappa shape index (κ3) is 3.01. The van der Waals surface area contributed by atoms with Crippen molar-refractivity contribution in [1.82, 2.24) is 4.40 Å². The molecule has 2 heterocycles. The summed E-state index contributed by atoms with van der Waals surface area (Å²) in [6.45, 7) is 2.02. The zero-order valence-corrected chi connectivity index (χ0v) is 14.0. The lowest BCUT2D eigenvalue weighted by Crippen LogP contribution is -2.11. The summed E-state index contributed by atoms with van der Waals surface area (Å²) in [4.78, 5) is 0.589. The van der Waals surface area contributed by atoms with E-state index in [1.165, 1.54) is 12.1 Å². The van der Waals surface area contributed by atoms with Crippen LogP contribution in [-0.2, 0) is 6.42 Å². The molecule has 120 valence electrons. The molecule has 0 saturated heterocycles. The predicted octanol–water partition coefficient (Wildman–Crippen LogP) is 4.63. The lowest BCUT2D eigenvalue weighted by Gasteiger charge is -2.08. The van der Waals surface area contributed by atoms with E-state index in [4.69, 9.17) is 17.5 Å². The lowest BCUT2D eigenvalue weighted by atomic mass is 10.1. The van der Waals surface area contributed by atoms with E-state index in [1.807, 2.05) is 31.3 Å². The summed E-state index contributed by atoms with van der Waals surface area (Å²) in [5.41, 5.74) is 4.85. The van der Waals surface area contributed by atoms with Gasteiger partial charge < -0.3 is 9.72 Å². The number of benzene rings is 1. The highest BCUT2D eigenvalue weighted by atomic mass is 32.1. The number of hydrogen-bond acceptors (Lipinski definition) is 2. The molecular weight excluding hydrogens is 321 g/mol. The van der Waals surface area contributed by atoms with E-state index in [0.29, 0.717) is 17.8 Å². The number of hydrogen-bond donors (Lipinski definition) is 1. The number of pyridine rings is 1. The fraction of sp³-hybridized carbons (Fsp3) is 0.158. The SMILES string of the molecule is Cc1c(C(=S)Nc2ccc(F)cc2)c2ccccn2c1CCC#N. The average molecular weight is 337 g/mol. The number of aryl methyl sites for hydroxylation is 1. The molecule has 0 radical (unpaired) electrons. The Hall–Kier alpha value is -2.71. The predicted molar refractivity (Wildman–Crippen MR) is 97.8 cm³/mol. The van der Waals surface area contributed by atoms with Gasteiger partial charge in [0.2, 0.25) is 0 Å². The number of rotatable bonds is 4. The highest BCUT2D eigenvalue weighted by Gasteiger charge is 2.17. The number of thiocarbonyl (C=S) groups is 1. The van der Waals surface area contributed by atoms with Crippen molar-refractivity contribution >= 4 is 28.4 Å². The summed E-state index contributed by atoms with van der Waals surface area (Å²) in [5.74, 6) is -0.282. The molecule has 1 aromatic carbocycles. The Bertz CT molecular complexity index is 936. The van der Waals surface area contributed by atoms with Crippen LogP contribution in [0.5, 0.6) is 0 Å². The fourth-order valence-corrected chi connectivity index (χ4v) is 3.27. The number of anilines is 1. The molecule has 3 aromatic rings. The first kappa shape index (κ1) is 16.2. The summed E-state index contributed by atoms with van der Waals surface area (Å²) in [6.07, 6.45) is 3.12. The Morgan fingerprint density at radius 1 is 1.25 bits per heavy atom. The van der Waals surface area contributed by atoms with Gasteiger partial charge in [-0.25, -0.2) is 4.39 Å². The van der Waals surface area contributed by atoms with Crippen LogP contribution in [0.4, 0.5) is 10.1 Å². The monoisotopic (exact) mass is 337 g/mol. The third-order valence-electron chi connectivity index (χ3n) is 4.02. The molecule has 0 saturated carbocycles. The maximum atomic E-state index is 13.1. The van der Waals surface area contributed by atoms with Crippen molar-refractivity contribution < 1.29 is 4.39 Å². The van der Waals surface area contributed by atoms with Gasteiger partial charge in [-0.2, -0.15) is 5.26 Å². The third-order valence-corrected chi connectivity index (χ3v) is 4.32. The van der Waals surface area contributed by atoms with Crippen molar-refractivity contribution in [1.29, 1.82) is 5.26 Å². The van der Waals surface area contributed by atoms with Crippen LogP contribution in [0, 0.1) is 24.1 Å². The molecule has 5 heteroatoms. The Morgan fingerprint density at radius 2 is 2.00 bits per heavy atom. The highest BCUT2D eigenvalue weighted by Crippen LogP contribution is 2.26. The molecule has 0 aliphatic carbocycles. The van der Waals surface area contributed by atoms with Crippen molar-refractivity contribution in [2.45, 2.75) is 19.8 Å². The summed E-state index contributed by atoms with van der Waals surface area (Å²) < 4.78 is 15.1. The standard InChI is InChI=1S/C19H16FN3S/c1-13-16(6-4-11-21)23-12-3-2-5-17(23)18(13)19(24)22-15-9-7-14(20)8-10-15/h2-3,5,7-10,12H,4,6H2,1H3,(H,22,24). The minimum absolute atomic E-state index is 0.282. The van der Waals surface area contributed by atoms with Crippen LogP contribution in [0.3, 0.4) is 0 Å². The molecule has 0 amide bonds. The molecule has 3 rings (SSSR count). The molecule has 3 nitrogen and oxygen atoms in total. The first-order valence-electron chi connectivity index (χ1n) is 7.64. The minimum atomic E-state index is -0.282. The molecule has 24 heavy (non-hydrogen) atoms. The molecule has 0 unspecified atom stereocenters. The molecule has 0 bridgehead atoms. The number of nitrogens with one attached hydrogen (secondary N) is 1. The largest absolute Gasteiger partial charge is 0.346 e. The van der Waals surface area contributed by atoms with E-state index in [0.717, 1.165) is 28.0 Å². The van der Waals surface area contributed by atoms with Crippen LogP contribution in [0.25, 0.3) is 5.52 Å². The van der Waals surface area contributed by atoms with Gasteiger partial charge in [0.25, 0.3) is 0 Å². The number of halogens is 1. The van der Waals surface area contributed by atoms with Crippen LogP contribution >= 0.6 is 12.2 Å². The maximum Gasteiger partial charge on any atom is 0.123 e. The summed E-state index contributed by atoms with van der Waals surface area (Å²) in [6, 6.07) is 14.2. The zero-order chi connectivity index (χ0) is 17.1. The second kappa shape index (κ2) is 6.81. The van der Waals surface area contributed by atoms with Gasteiger partial charge in [0.05, 0.1) is 11.6 Å². The van der Waals surface area contributed by atoms with Gasteiger partial charge in [-0.3, -0.25) is 0 Å². The Labute approximate surface area is 145 Å². The Kier molecular flexibility index (Phi) is 4.59. The second-order valence-electron chi connectivity index (χ2n) is 5.52. The second-order valence-corrected chi connectivity index (χ2v) is 5.93. The number of nitriles is 1. The quantitative estimate of drug-likeness (QED) is 0.706. The number of aromatic nitrogens is 1. The van der Waals surface area contributed by atoms with Crippen LogP contribution in [0.1, 0.15) is 23.2 Å². The van der Waals surface area contributed by atoms with Crippen molar-refractivity contribution in [3.63, 3.8) is 0 Å². The van der Waals surface area contributed by atoms with Gasteiger partial charge in [-0.15, -0.1) is 0 Å². The van der Waals surface area contributed by atoms with Crippen molar-refractivity contribution in [3.8, 4) is 6.07 Å². The van der Waals surface area contributed by atoms with E-state index < -0.39 is 0 Å². The van der Waals surface area contributed by atoms with Crippen LogP contribution in [-0.4, -0.2) is 9.39 Å².